The van der Waals surface area contributed by atoms with Gasteiger partial charge in [-0.25, -0.2) is 0 Å². The van der Waals surface area contributed by atoms with Crippen LogP contribution in [0.25, 0.3) is 65.3 Å². The quantitative estimate of drug-likeness (QED) is 0.151. The van der Waals surface area contributed by atoms with Crippen molar-refractivity contribution >= 4 is 71.2 Å². The lowest BCUT2D eigenvalue weighted by atomic mass is 9.87. The Labute approximate surface area is 260 Å². The van der Waals surface area contributed by atoms with E-state index in [9.17, 15) is 0 Å². The molecule has 2 atom stereocenters. The Morgan fingerprint density at radius 1 is 0.533 bits per heavy atom. The van der Waals surface area contributed by atoms with E-state index in [0.29, 0.717) is 0 Å². The molecule has 2 aromatic heterocycles. The van der Waals surface area contributed by atoms with E-state index in [2.05, 4.69) is 144 Å². The summed E-state index contributed by atoms with van der Waals surface area (Å²) in [5.41, 5.74) is 7.78. The Balaban J connectivity index is 1.34. The largest absolute Gasteiger partial charge is 0.364 e. The third-order valence-corrected chi connectivity index (χ3v) is 9.98. The number of allylic oxidation sites excluding steroid dienone is 2. The van der Waals surface area contributed by atoms with E-state index in [1.807, 2.05) is 12.4 Å². The summed E-state index contributed by atoms with van der Waals surface area (Å²) in [5, 5.41) is 9.88. The van der Waals surface area contributed by atoms with E-state index in [1.165, 1.54) is 49.3 Å². The lowest BCUT2D eigenvalue weighted by Gasteiger charge is -2.48. The summed E-state index contributed by atoms with van der Waals surface area (Å²) in [7, 11) is 2.20. The molecular weight excluding hydrogens is 548 g/mol. The second-order valence-electron chi connectivity index (χ2n) is 12.2. The lowest BCUT2D eigenvalue weighted by Crippen LogP contribution is -2.52. The molecule has 4 heteroatoms. The van der Waals surface area contributed by atoms with Gasteiger partial charge in [-0.1, -0.05) is 97.1 Å². The van der Waals surface area contributed by atoms with Gasteiger partial charge < -0.3 is 9.80 Å². The zero-order valence-corrected chi connectivity index (χ0v) is 24.7. The standard InChI is InChI=1S/C41H28N4/c1-44-32-13-2-4-15-34(32)45(35-16-5-3-14-33(35)44)41-31-12-8-23-42-39(31)38(30-11-7-24-43-40(30)41)29-22-20-27-18-17-25-9-6-10-26-19-21-28(29)37(27)36(25)26/h2-24,32,34H,1H3. The number of para-hydroxylation sites is 2. The Morgan fingerprint density at radius 3 is 2.02 bits per heavy atom. The molecule has 8 aromatic rings. The fourth-order valence-corrected chi connectivity index (χ4v) is 8.05. The second kappa shape index (κ2) is 9.13. The summed E-state index contributed by atoms with van der Waals surface area (Å²) in [6.07, 6.45) is 12.8. The van der Waals surface area contributed by atoms with Crippen LogP contribution in [0.4, 0.5) is 17.1 Å². The maximum Gasteiger partial charge on any atom is 0.0953 e. The van der Waals surface area contributed by atoms with Gasteiger partial charge in [0.1, 0.15) is 0 Å². The molecule has 0 N–H and O–H groups in total. The molecule has 0 amide bonds. The highest BCUT2D eigenvalue weighted by Gasteiger charge is 2.38. The highest BCUT2D eigenvalue weighted by molar-refractivity contribution is 6.28. The summed E-state index contributed by atoms with van der Waals surface area (Å²) in [6, 6.07) is 37.8. The number of fused-ring (bicyclic) bond motifs is 4. The molecule has 6 aromatic carbocycles. The minimum atomic E-state index is 0.101. The third kappa shape index (κ3) is 3.31. The summed E-state index contributed by atoms with van der Waals surface area (Å²) in [6.45, 7) is 0. The molecular formula is C41H28N4. The average Bonchev–Trinajstić information content (AvgIpc) is 3.10. The third-order valence-electron chi connectivity index (χ3n) is 9.98. The number of benzene rings is 6. The van der Waals surface area contributed by atoms with Crippen LogP contribution in [0.1, 0.15) is 0 Å². The van der Waals surface area contributed by atoms with Crippen LogP contribution in [0.15, 0.2) is 140 Å². The minimum absolute atomic E-state index is 0.101. The first-order valence-electron chi connectivity index (χ1n) is 15.6. The Bertz CT molecular complexity index is 2470. The number of likely N-dealkylation sites (N-methyl/N-ethyl adjacent to an activating group) is 1. The van der Waals surface area contributed by atoms with Crippen LogP contribution in [-0.2, 0) is 0 Å². The van der Waals surface area contributed by atoms with Crippen molar-refractivity contribution in [1.29, 1.82) is 0 Å². The zero-order valence-electron chi connectivity index (χ0n) is 24.7. The van der Waals surface area contributed by atoms with Gasteiger partial charge in [0.05, 0.1) is 40.2 Å². The van der Waals surface area contributed by atoms with Gasteiger partial charge in [0.2, 0.25) is 0 Å². The number of rotatable bonds is 2. The number of hydrogen-bond donors (Lipinski definition) is 0. The molecule has 1 aliphatic heterocycles. The second-order valence-corrected chi connectivity index (χ2v) is 12.2. The van der Waals surface area contributed by atoms with Crippen LogP contribution in [0.5, 0.6) is 0 Å². The van der Waals surface area contributed by atoms with Crippen LogP contribution < -0.4 is 9.80 Å². The van der Waals surface area contributed by atoms with Crippen LogP contribution in [0.3, 0.4) is 0 Å². The number of nitrogens with zero attached hydrogens (tertiary/aromatic N) is 4. The van der Waals surface area contributed by atoms with Gasteiger partial charge in [-0.3, -0.25) is 9.97 Å². The summed E-state index contributed by atoms with van der Waals surface area (Å²) >= 11 is 0. The Morgan fingerprint density at radius 2 is 1.20 bits per heavy atom. The van der Waals surface area contributed by atoms with Gasteiger partial charge in [0.25, 0.3) is 0 Å². The van der Waals surface area contributed by atoms with Crippen molar-refractivity contribution in [2.45, 2.75) is 12.1 Å². The maximum atomic E-state index is 5.16. The molecule has 45 heavy (non-hydrogen) atoms. The fraction of sp³-hybridized carbons (Fsp3) is 0.0732. The molecule has 4 nitrogen and oxygen atoms in total. The van der Waals surface area contributed by atoms with E-state index < -0.39 is 0 Å². The molecule has 0 saturated carbocycles. The van der Waals surface area contributed by atoms with Crippen LogP contribution in [0, 0.1) is 0 Å². The van der Waals surface area contributed by atoms with Gasteiger partial charge in [0.15, 0.2) is 0 Å². The number of aromatic nitrogens is 2. The van der Waals surface area contributed by atoms with E-state index in [1.54, 1.807) is 0 Å². The van der Waals surface area contributed by atoms with E-state index in [4.69, 9.17) is 9.97 Å². The molecule has 0 spiro atoms. The SMILES string of the molecule is CN1c2ccccc2N(c2c3cccnc3c(-c3ccc4ccc5cccc6ccc3c4c56)c3cccnc23)C2C=CC=CC21. The number of pyridine rings is 2. The molecule has 2 aliphatic rings. The Kier molecular flexibility index (Phi) is 5.01. The summed E-state index contributed by atoms with van der Waals surface area (Å²) in [5.74, 6) is 0. The fourth-order valence-electron chi connectivity index (χ4n) is 8.05. The summed E-state index contributed by atoms with van der Waals surface area (Å²) < 4.78 is 0. The molecule has 3 heterocycles. The molecule has 0 fully saturated rings. The van der Waals surface area contributed by atoms with Crippen molar-refractivity contribution < 1.29 is 0 Å². The van der Waals surface area contributed by atoms with E-state index in [-0.39, 0.29) is 12.1 Å². The molecule has 0 bridgehead atoms. The molecule has 212 valence electrons. The van der Waals surface area contributed by atoms with E-state index in [0.717, 1.165) is 33.1 Å². The molecule has 2 unspecified atom stereocenters. The first-order chi connectivity index (χ1) is 22.3. The number of hydrogen-bond acceptors (Lipinski definition) is 4. The normalized spacial score (nSPS) is 17.6. The lowest BCUT2D eigenvalue weighted by molar-refractivity contribution is 0.622. The van der Waals surface area contributed by atoms with Gasteiger partial charge in [-0.05, 0) is 68.2 Å². The van der Waals surface area contributed by atoms with Crippen molar-refractivity contribution in [2.75, 3.05) is 16.8 Å². The van der Waals surface area contributed by atoms with Crippen molar-refractivity contribution in [3.05, 3.63) is 140 Å². The van der Waals surface area contributed by atoms with Gasteiger partial charge in [-0.15, -0.1) is 0 Å². The van der Waals surface area contributed by atoms with E-state index >= 15 is 0 Å². The maximum absolute atomic E-state index is 5.16. The minimum Gasteiger partial charge on any atom is -0.364 e. The van der Waals surface area contributed by atoms with Gasteiger partial charge in [0, 0.05) is 35.8 Å². The monoisotopic (exact) mass is 576 g/mol. The first kappa shape index (κ1) is 24.7. The number of anilines is 3. The summed E-state index contributed by atoms with van der Waals surface area (Å²) in [4.78, 5) is 15.2. The van der Waals surface area contributed by atoms with Crippen molar-refractivity contribution in [3.63, 3.8) is 0 Å². The van der Waals surface area contributed by atoms with Gasteiger partial charge >= 0.3 is 0 Å². The predicted molar refractivity (Wildman–Crippen MR) is 189 cm³/mol. The van der Waals surface area contributed by atoms with Crippen molar-refractivity contribution in [2.24, 2.45) is 0 Å². The van der Waals surface area contributed by atoms with Crippen LogP contribution in [-0.4, -0.2) is 29.1 Å². The topological polar surface area (TPSA) is 32.3 Å². The highest BCUT2D eigenvalue weighted by Crippen LogP contribution is 2.51. The molecule has 0 saturated heterocycles. The smallest absolute Gasteiger partial charge is 0.0953 e. The zero-order chi connectivity index (χ0) is 29.6. The Hall–Kier alpha value is -5.74. The first-order valence-corrected chi connectivity index (χ1v) is 15.6. The molecule has 10 rings (SSSR count). The van der Waals surface area contributed by atoms with Crippen LogP contribution >= 0.6 is 0 Å². The van der Waals surface area contributed by atoms with Crippen molar-refractivity contribution in [3.8, 4) is 11.1 Å². The predicted octanol–water partition coefficient (Wildman–Crippen LogP) is 9.80. The van der Waals surface area contributed by atoms with Crippen molar-refractivity contribution in [1.82, 2.24) is 9.97 Å². The molecule has 0 radical (unpaired) electrons. The highest BCUT2D eigenvalue weighted by atomic mass is 15.3. The van der Waals surface area contributed by atoms with Gasteiger partial charge in [-0.2, -0.15) is 0 Å². The molecule has 1 aliphatic carbocycles. The average molecular weight is 577 g/mol. The van der Waals surface area contributed by atoms with Crippen LogP contribution in [0.2, 0.25) is 0 Å².